The van der Waals surface area contributed by atoms with Crippen LogP contribution in [0.15, 0.2) is 40.5 Å². The minimum Gasteiger partial charge on any atom is -0.377 e. The van der Waals surface area contributed by atoms with Gasteiger partial charge in [-0.25, -0.2) is 13.1 Å². The summed E-state index contributed by atoms with van der Waals surface area (Å²) in [6, 6.07) is 6.82. The number of sulfonamides is 1. The Kier molecular flexibility index (Phi) is 10.8. The molecular formula is C20H32IN7O3S. The van der Waals surface area contributed by atoms with Gasteiger partial charge in [0, 0.05) is 46.3 Å². The maximum Gasteiger partial charge on any atom is 0.240 e. The number of aryl methyl sites for hydroxylation is 1. The molecule has 0 saturated carbocycles. The van der Waals surface area contributed by atoms with Gasteiger partial charge in [0.25, 0.3) is 0 Å². The molecule has 1 fully saturated rings. The highest BCUT2D eigenvalue weighted by atomic mass is 127. The molecule has 1 saturated heterocycles. The van der Waals surface area contributed by atoms with E-state index < -0.39 is 10.0 Å². The summed E-state index contributed by atoms with van der Waals surface area (Å²) in [6.45, 7) is 5.00. The molecule has 2 aromatic rings. The van der Waals surface area contributed by atoms with Crippen LogP contribution in [0.5, 0.6) is 0 Å². The average Bonchev–Trinajstić information content (AvgIpc) is 3.47. The highest BCUT2D eigenvalue weighted by Gasteiger charge is 2.20. The van der Waals surface area contributed by atoms with Gasteiger partial charge in [-0.3, -0.25) is 4.99 Å². The Morgan fingerprint density at radius 1 is 1.28 bits per heavy atom. The van der Waals surface area contributed by atoms with Crippen LogP contribution in [0.25, 0.3) is 0 Å². The van der Waals surface area contributed by atoms with Crippen molar-refractivity contribution in [2.24, 2.45) is 4.99 Å². The second kappa shape index (κ2) is 13.1. The van der Waals surface area contributed by atoms with Gasteiger partial charge in [-0.15, -0.1) is 34.2 Å². The summed E-state index contributed by atoms with van der Waals surface area (Å²) >= 11 is 0. The molecule has 32 heavy (non-hydrogen) atoms. The molecule has 178 valence electrons. The summed E-state index contributed by atoms with van der Waals surface area (Å²) in [5.74, 6) is 1.62. The summed E-state index contributed by atoms with van der Waals surface area (Å²) in [7, 11) is -1.83. The number of hydrogen-bond donors (Lipinski definition) is 3. The summed E-state index contributed by atoms with van der Waals surface area (Å²) in [5.41, 5.74) is 0.952. The molecule has 10 nitrogen and oxygen atoms in total. The van der Waals surface area contributed by atoms with Crippen LogP contribution in [0.2, 0.25) is 0 Å². The van der Waals surface area contributed by atoms with Crippen molar-refractivity contribution >= 4 is 40.0 Å². The van der Waals surface area contributed by atoms with Gasteiger partial charge >= 0.3 is 0 Å². The van der Waals surface area contributed by atoms with E-state index in [0.29, 0.717) is 32.2 Å². The topological polar surface area (TPSA) is 123 Å². The molecule has 1 aliphatic heterocycles. The second-order valence-electron chi connectivity index (χ2n) is 7.28. The van der Waals surface area contributed by atoms with E-state index in [9.17, 15) is 8.42 Å². The molecule has 1 unspecified atom stereocenters. The average molecular weight is 577 g/mol. The lowest BCUT2D eigenvalue weighted by atomic mass is 10.2. The van der Waals surface area contributed by atoms with Crippen LogP contribution in [0.1, 0.15) is 31.2 Å². The van der Waals surface area contributed by atoms with E-state index >= 15 is 0 Å². The lowest BCUT2D eigenvalue weighted by Gasteiger charge is -2.13. The fourth-order valence-corrected chi connectivity index (χ4v) is 4.38. The van der Waals surface area contributed by atoms with Crippen LogP contribution in [-0.2, 0) is 34.3 Å². The molecule has 1 atom stereocenters. The predicted octanol–water partition coefficient (Wildman–Crippen LogP) is 1.28. The molecule has 0 spiro atoms. The highest BCUT2D eigenvalue weighted by molar-refractivity contribution is 14.0. The first kappa shape index (κ1) is 26.5. The lowest BCUT2D eigenvalue weighted by Crippen LogP contribution is -2.38. The molecular weight excluding hydrogens is 545 g/mol. The van der Waals surface area contributed by atoms with Crippen molar-refractivity contribution in [1.29, 1.82) is 0 Å². The number of nitrogens with one attached hydrogen (secondary N) is 3. The number of hydrogen-bond acceptors (Lipinski definition) is 6. The number of benzene rings is 1. The number of aliphatic imine (C=N–C) groups is 1. The Hall–Kier alpha value is -1.77. The van der Waals surface area contributed by atoms with E-state index in [-0.39, 0.29) is 35.0 Å². The van der Waals surface area contributed by atoms with Crippen molar-refractivity contribution in [3.63, 3.8) is 0 Å². The minimum absolute atomic E-state index is 0. The minimum atomic E-state index is -3.54. The van der Waals surface area contributed by atoms with Crippen molar-refractivity contribution in [1.82, 2.24) is 30.1 Å². The molecule has 2 heterocycles. The maximum atomic E-state index is 12.5. The Morgan fingerprint density at radius 2 is 2.06 bits per heavy atom. The number of ether oxygens (including phenoxy) is 1. The SMILES string of the molecule is CCc1nncn1CCNC(=NC)NCc1ccc(S(=O)(=O)NCC2CCCO2)cc1.I. The third-order valence-corrected chi connectivity index (χ3v) is 6.54. The van der Waals surface area contributed by atoms with Gasteiger partial charge in [0.05, 0.1) is 11.0 Å². The van der Waals surface area contributed by atoms with Crippen molar-refractivity contribution < 1.29 is 13.2 Å². The number of aromatic nitrogens is 3. The number of guanidine groups is 1. The van der Waals surface area contributed by atoms with Crippen molar-refractivity contribution in [3.8, 4) is 0 Å². The first-order chi connectivity index (χ1) is 15.0. The Bertz CT molecular complexity index is 958. The van der Waals surface area contributed by atoms with Crippen LogP contribution >= 0.6 is 24.0 Å². The number of halogens is 1. The van der Waals surface area contributed by atoms with Gasteiger partial charge in [-0.05, 0) is 30.5 Å². The van der Waals surface area contributed by atoms with Crippen LogP contribution in [0, 0.1) is 0 Å². The largest absolute Gasteiger partial charge is 0.377 e. The van der Waals surface area contributed by atoms with Gasteiger partial charge in [0.1, 0.15) is 12.2 Å². The molecule has 0 radical (unpaired) electrons. The van der Waals surface area contributed by atoms with Crippen LogP contribution < -0.4 is 15.4 Å². The second-order valence-corrected chi connectivity index (χ2v) is 9.04. The zero-order valence-electron chi connectivity index (χ0n) is 18.5. The third kappa shape index (κ3) is 7.67. The highest BCUT2D eigenvalue weighted by Crippen LogP contribution is 2.14. The van der Waals surface area contributed by atoms with Crippen LogP contribution in [-0.4, -0.2) is 62.0 Å². The van der Waals surface area contributed by atoms with E-state index in [1.807, 2.05) is 11.5 Å². The Morgan fingerprint density at radius 3 is 2.72 bits per heavy atom. The summed E-state index contributed by atoms with van der Waals surface area (Å²) in [5, 5.41) is 14.5. The normalized spacial score (nSPS) is 16.6. The van der Waals surface area contributed by atoms with E-state index in [1.54, 1.807) is 37.6 Å². The van der Waals surface area contributed by atoms with Crippen LogP contribution in [0.3, 0.4) is 0 Å². The Balaban J connectivity index is 0.00000363. The lowest BCUT2D eigenvalue weighted by molar-refractivity contribution is 0.114. The molecule has 0 amide bonds. The van der Waals surface area contributed by atoms with E-state index in [1.165, 1.54) is 0 Å². The van der Waals surface area contributed by atoms with Crippen molar-refractivity contribution in [2.45, 2.75) is 50.3 Å². The van der Waals surface area contributed by atoms with E-state index in [4.69, 9.17) is 4.74 Å². The molecule has 3 N–H and O–H groups in total. The molecule has 3 rings (SSSR count). The van der Waals surface area contributed by atoms with E-state index in [0.717, 1.165) is 37.2 Å². The summed E-state index contributed by atoms with van der Waals surface area (Å²) in [4.78, 5) is 4.47. The molecule has 1 aliphatic rings. The first-order valence-electron chi connectivity index (χ1n) is 10.5. The molecule has 0 aliphatic carbocycles. The van der Waals surface area contributed by atoms with Gasteiger partial charge in [0.2, 0.25) is 10.0 Å². The smallest absolute Gasteiger partial charge is 0.240 e. The summed E-state index contributed by atoms with van der Waals surface area (Å²) in [6.07, 6.45) is 4.40. The standard InChI is InChI=1S/C20H31N7O3S.HI/c1-3-19-26-24-15-27(19)11-10-22-20(21-2)23-13-16-6-8-18(9-7-16)31(28,29)25-14-17-5-4-12-30-17;/h6-9,15,17,25H,3-5,10-14H2,1-2H3,(H2,21,22,23);1H. The first-order valence-corrected chi connectivity index (χ1v) is 12.0. The zero-order valence-corrected chi connectivity index (χ0v) is 21.6. The Labute approximate surface area is 206 Å². The fraction of sp³-hybridized carbons (Fsp3) is 0.550. The quantitative estimate of drug-likeness (QED) is 0.221. The van der Waals surface area contributed by atoms with Crippen molar-refractivity contribution in [2.75, 3.05) is 26.7 Å². The number of rotatable bonds is 10. The fourth-order valence-electron chi connectivity index (χ4n) is 3.32. The van der Waals surface area contributed by atoms with Gasteiger partial charge < -0.3 is 19.9 Å². The van der Waals surface area contributed by atoms with Crippen molar-refractivity contribution in [3.05, 3.63) is 42.0 Å². The maximum absolute atomic E-state index is 12.5. The monoisotopic (exact) mass is 577 g/mol. The van der Waals surface area contributed by atoms with Crippen LogP contribution in [0.4, 0.5) is 0 Å². The van der Waals surface area contributed by atoms with Gasteiger partial charge in [-0.1, -0.05) is 19.1 Å². The van der Waals surface area contributed by atoms with Gasteiger partial charge in [-0.2, -0.15) is 0 Å². The predicted molar refractivity (Wildman–Crippen MR) is 134 cm³/mol. The van der Waals surface area contributed by atoms with Gasteiger partial charge in [0.15, 0.2) is 5.96 Å². The van der Waals surface area contributed by atoms with E-state index in [2.05, 4.69) is 30.5 Å². The number of nitrogens with zero attached hydrogens (tertiary/aromatic N) is 4. The zero-order chi connectivity index (χ0) is 22.1. The molecule has 12 heteroatoms. The molecule has 0 bridgehead atoms. The third-order valence-electron chi connectivity index (χ3n) is 5.10. The summed E-state index contributed by atoms with van der Waals surface area (Å²) < 4.78 is 35.0. The molecule has 1 aromatic heterocycles. The molecule has 1 aromatic carbocycles.